The van der Waals surface area contributed by atoms with Crippen molar-refractivity contribution in [2.75, 3.05) is 38.6 Å². The Bertz CT molecular complexity index is 419. The molecule has 0 aliphatic carbocycles. The third kappa shape index (κ3) is 3.81. The zero-order valence-electron chi connectivity index (χ0n) is 11.6. The van der Waals surface area contributed by atoms with Crippen molar-refractivity contribution in [1.29, 1.82) is 0 Å². The molecule has 1 aliphatic heterocycles. The Kier molecular flexibility index (Phi) is 5.02. The molecule has 0 amide bonds. The van der Waals surface area contributed by atoms with E-state index in [0.29, 0.717) is 5.02 Å². The fourth-order valence-corrected chi connectivity index (χ4v) is 2.69. The molecule has 1 saturated heterocycles. The molecule has 5 heteroatoms. The number of piperidine rings is 1. The molecule has 1 N–H and O–H groups in total. The van der Waals surface area contributed by atoms with Gasteiger partial charge in [0, 0.05) is 25.4 Å². The summed E-state index contributed by atoms with van der Waals surface area (Å²) in [6, 6.07) is 1.87. The van der Waals surface area contributed by atoms with Crippen LogP contribution in [0.5, 0.6) is 0 Å². The SMILES string of the molecule is CN1CCC(CN(C)c2cc(CO)c(Cl)cn2)CC1. The Balaban J connectivity index is 1.97. The van der Waals surface area contributed by atoms with Crippen LogP contribution in [0.2, 0.25) is 5.02 Å². The molecule has 4 nitrogen and oxygen atoms in total. The summed E-state index contributed by atoms with van der Waals surface area (Å²) < 4.78 is 0. The van der Waals surface area contributed by atoms with E-state index in [9.17, 15) is 5.11 Å². The van der Waals surface area contributed by atoms with Crippen molar-refractivity contribution >= 4 is 17.4 Å². The van der Waals surface area contributed by atoms with E-state index in [4.69, 9.17) is 11.6 Å². The summed E-state index contributed by atoms with van der Waals surface area (Å²) in [4.78, 5) is 8.87. The lowest BCUT2D eigenvalue weighted by molar-refractivity contribution is 0.222. The van der Waals surface area contributed by atoms with Crippen LogP contribution < -0.4 is 4.90 Å². The largest absolute Gasteiger partial charge is 0.392 e. The topological polar surface area (TPSA) is 39.6 Å². The van der Waals surface area contributed by atoms with Gasteiger partial charge >= 0.3 is 0 Å². The molecule has 1 aromatic rings. The van der Waals surface area contributed by atoms with E-state index in [1.165, 1.54) is 25.9 Å². The molecule has 2 heterocycles. The third-order valence-corrected chi connectivity index (χ3v) is 4.19. The first-order chi connectivity index (χ1) is 9.10. The molecule has 0 unspecified atom stereocenters. The average Bonchev–Trinajstić information content (AvgIpc) is 2.42. The van der Waals surface area contributed by atoms with Crippen molar-refractivity contribution in [3.8, 4) is 0 Å². The molecule has 0 saturated carbocycles. The summed E-state index contributed by atoms with van der Waals surface area (Å²) in [6.45, 7) is 3.31. The highest BCUT2D eigenvalue weighted by Crippen LogP contribution is 2.22. The maximum absolute atomic E-state index is 9.24. The van der Waals surface area contributed by atoms with E-state index in [1.54, 1.807) is 6.20 Å². The summed E-state index contributed by atoms with van der Waals surface area (Å²) >= 11 is 5.96. The van der Waals surface area contributed by atoms with Crippen LogP contribution in [0, 0.1) is 5.92 Å². The number of rotatable bonds is 4. The Morgan fingerprint density at radius 3 is 2.79 bits per heavy atom. The summed E-state index contributed by atoms with van der Waals surface area (Å²) in [6.07, 6.45) is 4.09. The van der Waals surface area contributed by atoms with Crippen LogP contribution in [-0.2, 0) is 6.61 Å². The second-order valence-corrected chi connectivity index (χ2v) is 5.83. The van der Waals surface area contributed by atoms with Crippen molar-refractivity contribution in [3.05, 3.63) is 22.8 Å². The van der Waals surface area contributed by atoms with Crippen LogP contribution in [0.25, 0.3) is 0 Å². The zero-order chi connectivity index (χ0) is 13.8. The van der Waals surface area contributed by atoms with Crippen LogP contribution in [-0.4, -0.2) is 48.7 Å². The Morgan fingerprint density at radius 2 is 2.16 bits per heavy atom. The summed E-state index contributed by atoms with van der Waals surface area (Å²) in [5.41, 5.74) is 0.738. The van der Waals surface area contributed by atoms with Gasteiger partial charge in [0.2, 0.25) is 0 Å². The molecule has 0 aromatic carbocycles. The van der Waals surface area contributed by atoms with Gasteiger partial charge < -0.3 is 14.9 Å². The lowest BCUT2D eigenvalue weighted by atomic mass is 9.97. The van der Waals surface area contributed by atoms with Crippen molar-refractivity contribution < 1.29 is 5.11 Å². The summed E-state index contributed by atoms with van der Waals surface area (Å²) in [5.74, 6) is 1.60. The molecule has 19 heavy (non-hydrogen) atoms. The van der Waals surface area contributed by atoms with Gasteiger partial charge in [-0.2, -0.15) is 0 Å². The van der Waals surface area contributed by atoms with E-state index in [2.05, 4.69) is 28.9 Å². The molecule has 0 bridgehead atoms. The number of aliphatic hydroxyl groups excluding tert-OH is 1. The highest BCUT2D eigenvalue weighted by Gasteiger charge is 2.19. The molecular weight excluding hydrogens is 262 g/mol. The molecule has 1 aliphatic rings. The second-order valence-electron chi connectivity index (χ2n) is 5.42. The Hall–Kier alpha value is -0.840. The molecule has 0 radical (unpaired) electrons. The first-order valence-corrected chi connectivity index (χ1v) is 7.13. The number of nitrogens with zero attached hydrogens (tertiary/aromatic N) is 3. The van der Waals surface area contributed by atoms with Gasteiger partial charge in [0.05, 0.1) is 11.6 Å². The van der Waals surface area contributed by atoms with Crippen LogP contribution in [0.15, 0.2) is 12.3 Å². The van der Waals surface area contributed by atoms with E-state index < -0.39 is 0 Å². The smallest absolute Gasteiger partial charge is 0.128 e. The van der Waals surface area contributed by atoms with Crippen molar-refractivity contribution in [2.45, 2.75) is 19.4 Å². The van der Waals surface area contributed by atoms with E-state index >= 15 is 0 Å². The average molecular weight is 284 g/mol. The number of halogens is 1. The van der Waals surface area contributed by atoms with Gasteiger partial charge in [-0.05, 0) is 45.0 Å². The highest BCUT2D eigenvalue weighted by molar-refractivity contribution is 6.31. The predicted molar refractivity (Wildman–Crippen MR) is 78.7 cm³/mol. The van der Waals surface area contributed by atoms with E-state index in [-0.39, 0.29) is 6.61 Å². The van der Waals surface area contributed by atoms with Crippen LogP contribution in [0.1, 0.15) is 18.4 Å². The number of hydrogen-bond donors (Lipinski definition) is 1. The number of aliphatic hydroxyl groups is 1. The molecular formula is C14H22ClN3O. The third-order valence-electron chi connectivity index (χ3n) is 3.85. The number of pyridine rings is 1. The van der Waals surface area contributed by atoms with Gasteiger partial charge in [-0.3, -0.25) is 0 Å². The number of anilines is 1. The lowest BCUT2D eigenvalue weighted by Crippen LogP contribution is -2.36. The maximum Gasteiger partial charge on any atom is 0.128 e. The van der Waals surface area contributed by atoms with Gasteiger partial charge in [-0.15, -0.1) is 0 Å². The summed E-state index contributed by atoms with van der Waals surface area (Å²) in [5, 5.41) is 9.77. The number of likely N-dealkylation sites (tertiary alicyclic amines) is 1. The zero-order valence-corrected chi connectivity index (χ0v) is 12.4. The van der Waals surface area contributed by atoms with Crippen molar-refractivity contribution in [2.24, 2.45) is 5.92 Å². The van der Waals surface area contributed by atoms with Gasteiger partial charge in [0.25, 0.3) is 0 Å². The standard InChI is InChI=1S/C14H22ClN3O/c1-17-5-3-11(4-6-17)9-18(2)14-7-12(10-19)13(15)8-16-14/h7-8,11,19H,3-6,9-10H2,1-2H3. The molecule has 1 aromatic heterocycles. The van der Waals surface area contributed by atoms with E-state index in [1.807, 2.05) is 6.07 Å². The molecule has 2 rings (SSSR count). The molecule has 1 fully saturated rings. The van der Waals surface area contributed by atoms with E-state index in [0.717, 1.165) is 23.8 Å². The van der Waals surface area contributed by atoms with Crippen LogP contribution in [0.4, 0.5) is 5.82 Å². The van der Waals surface area contributed by atoms with Gasteiger partial charge in [0.1, 0.15) is 5.82 Å². The highest BCUT2D eigenvalue weighted by atomic mass is 35.5. The van der Waals surface area contributed by atoms with Crippen LogP contribution >= 0.6 is 11.6 Å². The van der Waals surface area contributed by atoms with Gasteiger partial charge in [-0.25, -0.2) is 4.98 Å². The Labute approximate surface area is 120 Å². The number of aromatic nitrogens is 1. The first-order valence-electron chi connectivity index (χ1n) is 6.75. The quantitative estimate of drug-likeness (QED) is 0.918. The predicted octanol–water partition coefficient (Wildman–Crippen LogP) is 2.01. The van der Waals surface area contributed by atoms with Crippen LogP contribution in [0.3, 0.4) is 0 Å². The minimum atomic E-state index is -0.0452. The molecule has 0 spiro atoms. The normalized spacial score (nSPS) is 17.7. The van der Waals surface area contributed by atoms with Gasteiger partial charge in [-0.1, -0.05) is 11.6 Å². The maximum atomic E-state index is 9.24. The minimum absolute atomic E-state index is 0.0452. The number of hydrogen-bond acceptors (Lipinski definition) is 4. The molecule has 0 atom stereocenters. The second kappa shape index (κ2) is 6.55. The van der Waals surface area contributed by atoms with Gasteiger partial charge in [0.15, 0.2) is 0 Å². The van der Waals surface area contributed by atoms with Crippen molar-refractivity contribution in [1.82, 2.24) is 9.88 Å². The Morgan fingerprint density at radius 1 is 1.47 bits per heavy atom. The van der Waals surface area contributed by atoms with Crippen molar-refractivity contribution in [3.63, 3.8) is 0 Å². The molecule has 106 valence electrons. The minimum Gasteiger partial charge on any atom is -0.392 e. The lowest BCUT2D eigenvalue weighted by Gasteiger charge is -2.32. The fraction of sp³-hybridized carbons (Fsp3) is 0.643. The summed E-state index contributed by atoms with van der Waals surface area (Å²) in [7, 11) is 4.23. The fourth-order valence-electron chi connectivity index (χ4n) is 2.52. The monoisotopic (exact) mass is 283 g/mol. The first kappa shape index (κ1) is 14.6.